The van der Waals surface area contributed by atoms with Crippen LogP contribution in [0.25, 0.3) is 0 Å². The van der Waals surface area contributed by atoms with E-state index in [1.807, 2.05) is 0 Å². The lowest BCUT2D eigenvalue weighted by Crippen LogP contribution is -2.27. The summed E-state index contributed by atoms with van der Waals surface area (Å²) in [4.78, 5) is 0. The average Bonchev–Trinajstić information content (AvgIpc) is 2.75. The first-order valence-corrected chi connectivity index (χ1v) is 6.90. The highest BCUT2D eigenvalue weighted by atomic mass is 19.1. The van der Waals surface area contributed by atoms with E-state index in [0.717, 1.165) is 18.5 Å². The van der Waals surface area contributed by atoms with Crippen molar-refractivity contribution in [2.45, 2.75) is 32.3 Å². The topological polar surface area (TPSA) is 32.3 Å². The van der Waals surface area contributed by atoms with Gasteiger partial charge in [-0.1, -0.05) is 19.4 Å². The molecule has 2 nitrogen and oxygen atoms in total. The number of aliphatic hydroxyl groups excluding tert-OH is 1. The second-order valence-electron chi connectivity index (χ2n) is 5.62. The van der Waals surface area contributed by atoms with Crippen LogP contribution in [0.1, 0.15) is 37.9 Å². The molecule has 0 spiro atoms. The Morgan fingerprint density at radius 1 is 1.37 bits per heavy atom. The van der Waals surface area contributed by atoms with Crippen LogP contribution in [0.5, 0.6) is 0 Å². The Balaban J connectivity index is 1.79. The van der Waals surface area contributed by atoms with Gasteiger partial charge in [-0.3, -0.25) is 0 Å². The van der Waals surface area contributed by atoms with Crippen LogP contribution in [-0.4, -0.2) is 18.2 Å². The van der Waals surface area contributed by atoms with Crippen molar-refractivity contribution in [2.24, 2.45) is 11.8 Å². The van der Waals surface area contributed by atoms with Crippen molar-refractivity contribution in [3.05, 3.63) is 35.4 Å². The maximum absolute atomic E-state index is 13.5. The average molecular weight is 269 g/mol. The van der Waals surface area contributed by atoms with Crippen molar-refractivity contribution in [1.82, 2.24) is 5.32 Å². The van der Waals surface area contributed by atoms with E-state index in [-0.39, 0.29) is 5.56 Å². The van der Waals surface area contributed by atoms with E-state index in [4.69, 9.17) is 0 Å². The molecule has 0 bridgehead atoms. The van der Waals surface area contributed by atoms with Crippen LogP contribution < -0.4 is 5.32 Å². The summed E-state index contributed by atoms with van der Waals surface area (Å²) in [5, 5.41) is 13.1. The monoisotopic (exact) mass is 269 g/mol. The number of halogens is 2. The Bertz CT molecular complexity index is 425. The normalized spacial score (nSPS) is 24.6. The van der Waals surface area contributed by atoms with Gasteiger partial charge in [0.25, 0.3) is 0 Å². The quantitative estimate of drug-likeness (QED) is 0.861. The van der Waals surface area contributed by atoms with E-state index in [1.54, 1.807) is 0 Å². The van der Waals surface area contributed by atoms with Gasteiger partial charge in [-0.2, -0.15) is 0 Å². The highest BCUT2D eigenvalue weighted by molar-refractivity contribution is 5.21. The van der Waals surface area contributed by atoms with Crippen molar-refractivity contribution in [3.8, 4) is 0 Å². The van der Waals surface area contributed by atoms with Crippen LogP contribution >= 0.6 is 0 Å². The minimum atomic E-state index is -0.931. The Hall–Kier alpha value is -1.00. The Labute approximate surface area is 112 Å². The zero-order chi connectivity index (χ0) is 13.8. The van der Waals surface area contributed by atoms with Gasteiger partial charge in [-0.25, -0.2) is 8.78 Å². The Morgan fingerprint density at radius 3 is 2.79 bits per heavy atom. The van der Waals surface area contributed by atoms with Gasteiger partial charge in [0.15, 0.2) is 0 Å². The molecular weight excluding hydrogens is 248 g/mol. The highest BCUT2D eigenvalue weighted by Gasteiger charge is 2.21. The lowest BCUT2D eigenvalue weighted by Gasteiger charge is -2.15. The Morgan fingerprint density at radius 2 is 2.16 bits per heavy atom. The first kappa shape index (κ1) is 14.4. The van der Waals surface area contributed by atoms with Crippen molar-refractivity contribution in [3.63, 3.8) is 0 Å². The maximum atomic E-state index is 13.5. The van der Waals surface area contributed by atoms with Crippen LogP contribution in [0.4, 0.5) is 8.78 Å². The minimum Gasteiger partial charge on any atom is -0.387 e. The van der Waals surface area contributed by atoms with Crippen LogP contribution in [0, 0.1) is 23.5 Å². The number of benzene rings is 1. The molecule has 1 fully saturated rings. The van der Waals surface area contributed by atoms with E-state index in [2.05, 4.69) is 12.2 Å². The lowest BCUT2D eigenvalue weighted by atomic mass is 10.1. The summed E-state index contributed by atoms with van der Waals surface area (Å²) in [6, 6.07) is 3.27. The molecule has 1 aliphatic rings. The number of aliphatic hydroxyl groups is 1. The van der Waals surface area contributed by atoms with Gasteiger partial charge >= 0.3 is 0 Å². The van der Waals surface area contributed by atoms with Gasteiger partial charge in [0, 0.05) is 18.2 Å². The molecule has 1 saturated carbocycles. The SMILES string of the molecule is CC1CCC(CNCC(O)c2ccc(F)cc2F)C1. The minimum absolute atomic E-state index is 0.147. The number of rotatable bonds is 5. The highest BCUT2D eigenvalue weighted by Crippen LogP contribution is 2.29. The summed E-state index contributed by atoms with van der Waals surface area (Å²) in [6.45, 7) is 3.40. The lowest BCUT2D eigenvalue weighted by molar-refractivity contribution is 0.168. The molecule has 0 heterocycles. The summed E-state index contributed by atoms with van der Waals surface area (Å²) in [5.74, 6) is 0.122. The summed E-state index contributed by atoms with van der Waals surface area (Å²) in [5.41, 5.74) is 0.147. The number of hydrogen-bond acceptors (Lipinski definition) is 2. The summed E-state index contributed by atoms with van der Waals surface area (Å²) in [7, 11) is 0. The van der Waals surface area contributed by atoms with E-state index in [9.17, 15) is 13.9 Å². The molecule has 0 radical (unpaired) electrons. The zero-order valence-electron chi connectivity index (χ0n) is 11.2. The fourth-order valence-electron chi connectivity index (χ4n) is 2.82. The third-order valence-corrected chi connectivity index (χ3v) is 3.90. The molecule has 106 valence electrons. The van der Waals surface area contributed by atoms with E-state index in [1.165, 1.54) is 31.4 Å². The largest absolute Gasteiger partial charge is 0.387 e. The summed E-state index contributed by atoms with van der Waals surface area (Å²) in [6.07, 6.45) is 2.77. The second-order valence-corrected chi connectivity index (χ2v) is 5.62. The molecule has 1 aromatic carbocycles. The maximum Gasteiger partial charge on any atom is 0.131 e. The molecule has 0 aliphatic heterocycles. The molecule has 1 aromatic rings. The van der Waals surface area contributed by atoms with Gasteiger partial charge < -0.3 is 10.4 Å². The molecule has 3 unspecified atom stereocenters. The standard InChI is InChI=1S/C15H21F2NO/c1-10-2-3-11(6-10)8-18-9-15(19)13-5-4-12(16)7-14(13)17/h4-5,7,10-11,15,18-19H,2-3,6,8-9H2,1H3. The van der Waals surface area contributed by atoms with Crippen LogP contribution in [0.15, 0.2) is 18.2 Å². The fraction of sp³-hybridized carbons (Fsp3) is 0.600. The molecule has 19 heavy (non-hydrogen) atoms. The first-order valence-electron chi connectivity index (χ1n) is 6.90. The second kappa shape index (κ2) is 6.44. The van der Waals surface area contributed by atoms with Crippen LogP contribution in [-0.2, 0) is 0 Å². The smallest absolute Gasteiger partial charge is 0.131 e. The molecule has 0 aromatic heterocycles. The molecule has 0 saturated heterocycles. The van der Waals surface area contributed by atoms with Gasteiger partial charge in [-0.15, -0.1) is 0 Å². The van der Waals surface area contributed by atoms with Crippen molar-refractivity contribution in [1.29, 1.82) is 0 Å². The number of nitrogens with one attached hydrogen (secondary N) is 1. The van der Waals surface area contributed by atoms with Gasteiger partial charge in [-0.05, 0) is 37.3 Å². The summed E-state index contributed by atoms with van der Waals surface area (Å²) >= 11 is 0. The van der Waals surface area contributed by atoms with E-state index >= 15 is 0 Å². The molecule has 0 amide bonds. The Kier molecular flexibility index (Phi) is 4.88. The van der Waals surface area contributed by atoms with E-state index < -0.39 is 17.7 Å². The molecule has 2 N–H and O–H groups in total. The third kappa shape index (κ3) is 3.98. The molecular formula is C15H21F2NO. The molecule has 2 rings (SSSR count). The van der Waals surface area contributed by atoms with Gasteiger partial charge in [0.1, 0.15) is 11.6 Å². The third-order valence-electron chi connectivity index (χ3n) is 3.90. The van der Waals surface area contributed by atoms with Crippen LogP contribution in [0.2, 0.25) is 0 Å². The zero-order valence-corrected chi connectivity index (χ0v) is 11.2. The van der Waals surface area contributed by atoms with Crippen molar-refractivity contribution >= 4 is 0 Å². The predicted octanol–water partition coefficient (Wildman–Crippen LogP) is 3.02. The van der Waals surface area contributed by atoms with Gasteiger partial charge in [0.05, 0.1) is 6.10 Å². The molecule has 1 aliphatic carbocycles. The molecule has 3 atom stereocenters. The molecule has 4 heteroatoms. The van der Waals surface area contributed by atoms with E-state index in [0.29, 0.717) is 12.5 Å². The van der Waals surface area contributed by atoms with Crippen molar-refractivity contribution in [2.75, 3.05) is 13.1 Å². The number of hydrogen-bond donors (Lipinski definition) is 2. The summed E-state index contributed by atoms with van der Waals surface area (Å²) < 4.78 is 26.2. The predicted molar refractivity (Wildman–Crippen MR) is 70.7 cm³/mol. The van der Waals surface area contributed by atoms with Crippen molar-refractivity contribution < 1.29 is 13.9 Å². The van der Waals surface area contributed by atoms with Gasteiger partial charge in [0.2, 0.25) is 0 Å². The fourth-order valence-corrected chi connectivity index (χ4v) is 2.82. The first-order chi connectivity index (χ1) is 9.06. The van der Waals surface area contributed by atoms with Crippen LogP contribution in [0.3, 0.4) is 0 Å².